The van der Waals surface area contributed by atoms with Crippen LogP contribution in [0, 0.1) is 0 Å². The molecule has 0 bridgehead atoms. The highest BCUT2D eigenvalue weighted by Gasteiger charge is 2.06. The number of thiocarbonyl (C=S) groups is 1. The topological polar surface area (TPSA) is 9.23 Å². The van der Waals surface area contributed by atoms with Gasteiger partial charge in [-0.15, -0.1) is 48.0 Å². The van der Waals surface area contributed by atoms with E-state index in [1.165, 1.54) is 0 Å². The monoisotopic (exact) mass is 446 g/mol. The number of rotatable bonds is 5. The zero-order chi connectivity index (χ0) is 9.61. The molecular formula is C9H22I2NOS+. The number of nitrogens with zero attached hydrogens (tertiary/aromatic N) is 1. The van der Waals surface area contributed by atoms with Gasteiger partial charge in [0, 0.05) is 6.42 Å². The van der Waals surface area contributed by atoms with E-state index >= 15 is 0 Å². The first-order valence-electron chi connectivity index (χ1n) is 4.42. The van der Waals surface area contributed by atoms with Gasteiger partial charge in [-0.05, 0) is 18.6 Å². The summed E-state index contributed by atoms with van der Waals surface area (Å²) in [5.41, 5.74) is 0. The number of quaternary nitrogens is 1. The Morgan fingerprint density at radius 2 is 1.71 bits per heavy atom. The van der Waals surface area contributed by atoms with Crippen molar-refractivity contribution in [2.24, 2.45) is 0 Å². The first-order chi connectivity index (χ1) is 5.45. The molecular weight excluding hydrogens is 424 g/mol. The summed E-state index contributed by atoms with van der Waals surface area (Å²) in [6.45, 7) is 3.85. The minimum Gasteiger partial charge on any atom is -0.481 e. The molecule has 0 atom stereocenters. The molecule has 0 saturated heterocycles. The lowest BCUT2D eigenvalue weighted by Crippen LogP contribution is -2.37. The van der Waals surface area contributed by atoms with Crippen molar-refractivity contribution >= 4 is 65.2 Å². The zero-order valence-corrected chi connectivity index (χ0v) is 14.9. The highest BCUT2D eigenvalue weighted by atomic mass is 127. The Morgan fingerprint density at radius 1 is 1.21 bits per heavy atom. The van der Waals surface area contributed by atoms with E-state index < -0.39 is 0 Å². The van der Waals surface area contributed by atoms with Crippen LogP contribution in [0.5, 0.6) is 0 Å². The molecule has 0 unspecified atom stereocenters. The minimum absolute atomic E-state index is 0. The molecule has 0 N–H and O–H groups in total. The third kappa shape index (κ3) is 15.8. The van der Waals surface area contributed by atoms with Gasteiger partial charge in [-0.3, -0.25) is 0 Å². The second kappa shape index (κ2) is 10.8. The molecule has 0 aromatic heterocycles. The van der Waals surface area contributed by atoms with Crippen LogP contribution in [0.3, 0.4) is 0 Å². The summed E-state index contributed by atoms with van der Waals surface area (Å²) >= 11 is 5.01. The molecule has 2 nitrogen and oxygen atoms in total. The fraction of sp³-hybridized carbons (Fsp3) is 0.889. The molecule has 0 saturated carbocycles. The van der Waals surface area contributed by atoms with Crippen molar-refractivity contribution in [1.29, 1.82) is 0 Å². The van der Waals surface area contributed by atoms with Gasteiger partial charge in [-0.1, -0.05) is 6.92 Å². The van der Waals surface area contributed by atoms with Crippen molar-refractivity contribution < 1.29 is 9.22 Å². The van der Waals surface area contributed by atoms with Crippen LogP contribution in [0.1, 0.15) is 19.8 Å². The van der Waals surface area contributed by atoms with E-state index in [0.29, 0.717) is 0 Å². The summed E-state index contributed by atoms with van der Waals surface area (Å²) in [5.74, 6) is 0. The Hall–Kier alpha value is 1.31. The Kier molecular flexibility index (Phi) is 16.0. The van der Waals surface area contributed by atoms with Crippen molar-refractivity contribution in [3.63, 3.8) is 0 Å². The van der Waals surface area contributed by atoms with Crippen LogP contribution in [0.25, 0.3) is 0 Å². The molecule has 14 heavy (non-hydrogen) atoms. The van der Waals surface area contributed by atoms with Crippen LogP contribution in [0.15, 0.2) is 0 Å². The van der Waals surface area contributed by atoms with Gasteiger partial charge in [0.2, 0.25) is 0 Å². The van der Waals surface area contributed by atoms with Gasteiger partial charge >= 0.3 is 0 Å². The Bertz CT molecular complexity index is 148. The van der Waals surface area contributed by atoms with E-state index in [4.69, 9.17) is 17.0 Å². The van der Waals surface area contributed by atoms with E-state index in [0.717, 1.165) is 35.5 Å². The van der Waals surface area contributed by atoms with Gasteiger partial charge in [-0.25, -0.2) is 0 Å². The second-order valence-electron chi connectivity index (χ2n) is 3.98. The molecule has 0 aromatic rings. The summed E-state index contributed by atoms with van der Waals surface area (Å²) in [6.07, 6.45) is 1.98. The maximum Gasteiger partial charge on any atom is 0.159 e. The van der Waals surface area contributed by atoms with E-state index in [1.54, 1.807) is 0 Å². The lowest BCUT2D eigenvalue weighted by Gasteiger charge is -2.23. The average Bonchev–Trinajstić information content (AvgIpc) is 1.84. The van der Waals surface area contributed by atoms with E-state index in [2.05, 4.69) is 28.1 Å². The molecule has 0 amide bonds. The summed E-state index contributed by atoms with van der Waals surface area (Å²) in [6, 6.07) is 0. The predicted octanol–water partition coefficient (Wildman–Crippen LogP) is 3.07. The van der Waals surface area contributed by atoms with Gasteiger partial charge in [0.25, 0.3) is 0 Å². The van der Waals surface area contributed by atoms with Gasteiger partial charge < -0.3 is 9.22 Å². The standard InChI is InChI=1S/C9H20NOS.2HI/c1-5-6-9(12)11-8-7-10(2,3)4;;/h5-8H2,1-4H3;2*1H/q+1;;. The molecule has 0 rings (SSSR count). The van der Waals surface area contributed by atoms with E-state index in [1.807, 2.05) is 0 Å². The summed E-state index contributed by atoms with van der Waals surface area (Å²) in [5, 5.41) is 0.756. The number of halogens is 2. The van der Waals surface area contributed by atoms with Crippen LogP contribution in [-0.2, 0) is 4.74 Å². The van der Waals surface area contributed by atoms with Crippen LogP contribution >= 0.6 is 60.2 Å². The molecule has 88 valence electrons. The average molecular weight is 446 g/mol. The lowest BCUT2D eigenvalue weighted by molar-refractivity contribution is -0.870. The summed E-state index contributed by atoms with van der Waals surface area (Å²) < 4.78 is 6.30. The molecule has 0 spiro atoms. The maximum absolute atomic E-state index is 5.37. The summed E-state index contributed by atoms with van der Waals surface area (Å²) in [4.78, 5) is 0. The molecule has 0 radical (unpaired) electrons. The fourth-order valence-electron chi connectivity index (χ4n) is 0.710. The highest BCUT2D eigenvalue weighted by molar-refractivity contribution is 14.0. The molecule has 5 heteroatoms. The van der Waals surface area contributed by atoms with E-state index in [-0.39, 0.29) is 48.0 Å². The van der Waals surface area contributed by atoms with Crippen molar-refractivity contribution in [1.82, 2.24) is 0 Å². The van der Waals surface area contributed by atoms with Crippen molar-refractivity contribution in [3.8, 4) is 0 Å². The lowest BCUT2D eigenvalue weighted by atomic mass is 10.4. The molecule has 0 fully saturated rings. The van der Waals surface area contributed by atoms with Crippen LogP contribution in [-0.4, -0.2) is 43.8 Å². The zero-order valence-electron chi connectivity index (χ0n) is 9.41. The molecule has 0 aliphatic carbocycles. The quantitative estimate of drug-likeness (QED) is 0.365. The van der Waals surface area contributed by atoms with Crippen molar-refractivity contribution in [3.05, 3.63) is 0 Å². The normalized spacial score (nSPS) is 9.71. The molecule has 0 aromatic carbocycles. The molecule has 0 aliphatic rings. The van der Waals surface area contributed by atoms with Crippen LogP contribution in [0.2, 0.25) is 0 Å². The van der Waals surface area contributed by atoms with Gasteiger partial charge in [-0.2, -0.15) is 0 Å². The van der Waals surface area contributed by atoms with Crippen LogP contribution in [0.4, 0.5) is 0 Å². The van der Waals surface area contributed by atoms with Gasteiger partial charge in [0.1, 0.15) is 13.2 Å². The van der Waals surface area contributed by atoms with Gasteiger partial charge in [0.05, 0.1) is 21.1 Å². The first-order valence-corrected chi connectivity index (χ1v) is 4.82. The predicted molar refractivity (Wildman–Crippen MR) is 87.2 cm³/mol. The SMILES string of the molecule is CCCC(=S)OCC[N+](C)(C)C.I.I. The number of hydrogen-bond acceptors (Lipinski definition) is 2. The maximum atomic E-state index is 5.37. The molecule has 0 aliphatic heterocycles. The van der Waals surface area contributed by atoms with Gasteiger partial charge in [0.15, 0.2) is 5.05 Å². The highest BCUT2D eigenvalue weighted by Crippen LogP contribution is 1.96. The van der Waals surface area contributed by atoms with Crippen LogP contribution < -0.4 is 0 Å². The summed E-state index contributed by atoms with van der Waals surface area (Å²) in [7, 11) is 6.44. The Balaban J connectivity index is -0.000000605. The third-order valence-electron chi connectivity index (χ3n) is 1.48. The largest absolute Gasteiger partial charge is 0.481 e. The third-order valence-corrected chi connectivity index (χ3v) is 1.80. The first kappa shape index (κ1) is 20.7. The Morgan fingerprint density at radius 3 is 2.07 bits per heavy atom. The number of hydrogen-bond donors (Lipinski definition) is 0. The van der Waals surface area contributed by atoms with Crippen molar-refractivity contribution in [2.75, 3.05) is 34.3 Å². The Labute approximate surface area is 127 Å². The number of ether oxygens (including phenoxy) is 1. The minimum atomic E-state index is 0. The van der Waals surface area contributed by atoms with E-state index in [9.17, 15) is 0 Å². The fourth-order valence-corrected chi connectivity index (χ4v) is 0.997. The smallest absolute Gasteiger partial charge is 0.159 e. The van der Waals surface area contributed by atoms with Crippen molar-refractivity contribution in [2.45, 2.75) is 19.8 Å². The second-order valence-corrected chi connectivity index (χ2v) is 4.44. The number of likely N-dealkylation sites (N-methyl/N-ethyl adjacent to an activating group) is 1. The molecule has 0 heterocycles.